The van der Waals surface area contributed by atoms with E-state index in [4.69, 9.17) is 14.3 Å². The van der Waals surface area contributed by atoms with Gasteiger partial charge in [0.05, 0.1) is 17.7 Å². The molecule has 7 nitrogen and oxygen atoms in total. The van der Waals surface area contributed by atoms with Crippen LogP contribution in [0, 0.1) is 6.92 Å². The summed E-state index contributed by atoms with van der Waals surface area (Å²) < 4.78 is 10.3. The smallest absolute Gasteiger partial charge is 0.341 e. The van der Waals surface area contributed by atoms with Gasteiger partial charge in [0.15, 0.2) is 0 Å². The second-order valence-corrected chi connectivity index (χ2v) is 5.28. The molecule has 1 aliphatic heterocycles. The van der Waals surface area contributed by atoms with E-state index in [1.807, 2.05) is 0 Å². The molecule has 2 amide bonds. The molecule has 0 aliphatic carbocycles. The fourth-order valence-electron chi connectivity index (χ4n) is 2.57. The molecule has 0 unspecified atom stereocenters. The van der Waals surface area contributed by atoms with Gasteiger partial charge < -0.3 is 14.3 Å². The maximum atomic E-state index is 12.2. The van der Waals surface area contributed by atoms with Gasteiger partial charge in [-0.3, -0.25) is 14.5 Å². The first kappa shape index (κ1) is 15.9. The highest BCUT2D eigenvalue weighted by molar-refractivity contribution is 6.21. The summed E-state index contributed by atoms with van der Waals surface area (Å²) in [7, 11) is 0. The molecule has 0 atom stereocenters. The van der Waals surface area contributed by atoms with Crippen LogP contribution in [0.5, 0.6) is 0 Å². The molecule has 1 N–H and O–H groups in total. The Hall–Kier alpha value is -2.93. The van der Waals surface area contributed by atoms with Gasteiger partial charge in [-0.2, -0.15) is 0 Å². The highest BCUT2D eigenvalue weighted by atomic mass is 16.5. The number of benzene rings is 1. The quantitative estimate of drug-likeness (QED) is 0.660. The van der Waals surface area contributed by atoms with Crippen LogP contribution in [0.15, 0.2) is 34.7 Å². The average Bonchev–Trinajstić information content (AvgIpc) is 3.08. The normalized spacial score (nSPS) is 13.3. The average molecular weight is 329 g/mol. The fourth-order valence-corrected chi connectivity index (χ4v) is 2.57. The van der Waals surface area contributed by atoms with Crippen molar-refractivity contribution in [3.8, 4) is 0 Å². The van der Waals surface area contributed by atoms with E-state index in [0.717, 1.165) is 4.90 Å². The van der Waals surface area contributed by atoms with Crippen LogP contribution in [0.4, 0.5) is 0 Å². The second kappa shape index (κ2) is 6.29. The maximum Gasteiger partial charge on any atom is 0.341 e. The number of rotatable bonds is 5. The molecule has 3 rings (SSSR count). The number of hydrogen-bond donors (Lipinski definition) is 1. The number of carbonyl (C=O) groups excluding carboxylic acids is 3. The maximum absolute atomic E-state index is 12.2. The molecule has 1 aromatic heterocycles. The van der Waals surface area contributed by atoms with Crippen molar-refractivity contribution in [2.75, 3.05) is 13.2 Å². The van der Waals surface area contributed by atoms with Gasteiger partial charge in [0.25, 0.3) is 11.8 Å². The molecular formula is C17H15NO6. The molecule has 0 saturated heterocycles. The largest absolute Gasteiger partial charge is 0.463 e. The first-order chi connectivity index (χ1) is 11.5. The zero-order chi connectivity index (χ0) is 17.3. The summed E-state index contributed by atoms with van der Waals surface area (Å²) in [6.07, 6.45) is 0. The number of fused-ring (bicyclic) bond motifs is 1. The topological polar surface area (TPSA) is 97.1 Å². The number of furan rings is 1. The van der Waals surface area contributed by atoms with Crippen LogP contribution in [-0.4, -0.2) is 40.9 Å². The molecule has 0 saturated carbocycles. The van der Waals surface area contributed by atoms with Crippen LogP contribution >= 0.6 is 0 Å². The summed E-state index contributed by atoms with van der Waals surface area (Å²) >= 11 is 0. The zero-order valence-electron chi connectivity index (χ0n) is 12.9. The van der Waals surface area contributed by atoms with Gasteiger partial charge in [0.2, 0.25) is 0 Å². The van der Waals surface area contributed by atoms with E-state index in [0.29, 0.717) is 16.9 Å². The van der Waals surface area contributed by atoms with E-state index >= 15 is 0 Å². The Labute approximate surface area is 137 Å². The molecule has 0 spiro atoms. The molecule has 7 heteroatoms. The summed E-state index contributed by atoms with van der Waals surface area (Å²) in [5.74, 6) is -0.820. The third-order valence-electron chi connectivity index (χ3n) is 3.77. The monoisotopic (exact) mass is 329 g/mol. The lowest BCUT2D eigenvalue weighted by Gasteiger charge is -2.13. The number of imide groups is 1. The Bertz CT molecular complexity index is 787. The van der Waals surface area contributed by atoms with E-state index in [1.54, 1.807) is 31.2 Å². The number of esters is 1. The first-order valence-corrected chi connectivity index (χ1v) is 7.35. The van der Waals surface area contributed by atoms with Crippen molar-refractivity contribution >= 4 is 17.8 Å². The van der Waals surface area contributed by atoms with Crippen molar-refractivity contribution in [3.05, 3.63) is 58.5 Å². The zero-order valence-corrected chi connectivity index (χ0v) is 12.9. The number of ether oxygens (including phenoxy) is 1. The Morgan fingerprint density at radius 2 is 1.83 bits per heavy atom. The molecule has 0 radical (unpaired) electrons. The van der Waals surface area contributed by atoms with Crippen LogP contribution in [0.3, 0.4) is 0 Å². The van der Waals surface area contributed by atoms with Crippen LogP contribution in [-0.2, 0) is 11.3 Å². The van der Waals surface area contributed by atoms with E-state index in [1.165, 1.54) is 6.07 Å². The Kier molecular flexibility index (Phi) is 4.18. The summed E-state index contributed by atoms with van der Waals surface area (Å²) in [6, 6.07) is 7.96. The minimum Gasteiger partial charge on any atom is -0.463 e. The van der Waals surface area contributed by atoms with Crippen LogP contribution in [0.1, 0.15) is 42.6 Å². The number of carbonyl (C=O) groups is 3. The van der Waals surface area contributed by atoms with Crippen molar-refractivity contribution in [1.82, 2.24) is 4.90 Å². The Morgan fingerprint density at radius 1 is 1.21 bits per heavy atom. The third kappa shape index (κ3) is 2.69. The number of amides is 2. The molecular weight excluding hydrogens is 314 g/mol. The van der Waals surface area contributed by atoms with Crippen molar-refractivity contribution in [1.29, 1.82) is 0 Å². The fraction of sp³-hybridized carbons (Fsp3) is 0.235. The SMILES string of the molecule is Cc1oc(CO)cc1C(=O)OCCN1C(=O)c2ccccc2C1=O. The minimum absolute atomic E-state index is 0.0259. The van der Waals surface area contributed by atoms with E-state index in [-0.39, 0.29) is 31.1 Å². The van der Waals surface area contributed by atoms with Crippen molar-refractivity contribution in [2.24, 2.45) is 0 Å². The molecule has 1 aliphatic rings. The number of nitrogens with zero attached hydrogens (tertiary/aromatic N) is 1. The molecule has 124 valence electrons. The number of hydrogen-bond acceptors (Lipinski definition) is 6. The number of aliphatic hydroxyl groups is 1. The Morgan fingerprint density at radius 3 is 2.38 bits per heavy atom. The molecule has 0 bridgehead atoms. The summed E-state index contributed by atoms with van der Waals surface area (Å²) in [6.45, 7) is 1.12. The molecule has 24 heavy (non-hydrogen) atoms. The van der Waals surface area contributed by atoms with Crippen molar-refractivity contribution in [2.45, 2.75) is 13.5 Å². The first-order valence-electron chi connectivity index (χ1n) is 7.35. The van der Waals surface area contributed by atoms with E-state index in [2.05, 4.69) is 0 Å². The summed E-state index contributed by atoms with van der Waals surface area (Å²) in [4.78, 5) is 37.4. The summed E-state index contributed by atoms with van der Waals surface area (Å²) in [5, 5.41) is 8.99. The minimum atomic E-state index is -0.632. The van der Waals surface area contributed by atoms with Crippen LogP contribution < -0.4 is 0 Å². The lowest BCUT2D eigenvalue weighted by Crippen LogP contribution is -2.33. The highest BCUT2D eigenvalue weighted by Crippen LogP contribution is 2.22. The van der Waals surface area contributed by atoms with Crippen LogP contribution in [0.25, 0.3) is 0 Å². The number of aryl methyl sites for hydroxylation is 1. The van der Waals surface area contributed by atoms with Crippen molar-refractivity contribution < 1.29 is 28.6 Å². The molecule has 2 aromatic rings. The predicted molar refractivity (Wildman–Crippen MR) is 81.5 cm³/mol. The lowest BCUT2D eigenvalue weighted by molar-refractivity contribution is 0.0419. The van der Waals surface area contributed by atoms with E-state index < -0.39 is 17.8 Å². The second-order valence-electron chi connectivity index (χ2n) is 5.28. The third-order valence-corrected chi connectivity index (χ3v) is 3.77. The Balaban J connectivity index is 1.61. The van der Waals surface area contributed by atoms with Gasteiger partial charge in [-0.1, -0.05) is 12.1 Å². The van der Waals surface area contributed by atoms with Gasteiger partial charge in [-0.15, -0.1) is 0 Å². The molecule has 1 aromatic carbocycles. The molecule has 0 fully saturated rings. The number of aliphatic hydroxyl groups excluding tert-OH is 1. The predicted octanol–water partition coefficient (Wildman–Crippen LogP) is 1.53. The van der Waals surface area contributed by atoms with Crippen LogP contribution in [0.2, 0.25) is 0 Å². The van der Waals surface area contributed by atoms with Gasteiger partial charge >= 0.3 is 5.97 Å². The van der Waals surface area contributed by atoms with Gasteiger partial charge in [-0.05, 0) is 25.1 Å². The highest BCUT2D eigenvalue weighted by Gasteiger charge is 2.34. The summed E-state index contributed by atoms with van der Waals surface area (Å²) in [5.41, 5.74) is 0.917. The standard InChI is InChI=1S/C17H15NO6/c1-10-14(8-11(9-19)24-10)17(22)23-7-6-18-15(20)12-4-2-3-5-13(12)16(18)21/h2-5,8,19H,6-7,9H2,1H3. The van der Waals surface area contributed by atoms with E-state index in [9.17, 15) is 14.4 Å². The van der Waals surface area contributed by atoms with Gasteiger partial charge in [-0.25, -0.2) is 4.79 Å². The van der Waals surface area contributed by atoms with Gasteiger partial charge in [0.1, 0.15) is 30.3 Å². The van der Waals surface area contributed by atoms with Crippen molar-refractivity contribution in [3.63, 3.8) is 0 Å². The lowest BCUT2D eigenvalue weighted by atomic mass is 10.1. The van der Waals surface area contributed by atoms with Gasteiger partial charge in [0, 0.05) is 0 Å². The molecule has 2 heterocycles.